The maximum atomic E-state index is 10.9. The summed E-state index contributed by atoms with van der Waals surface area (Å²) in [6.07, 6.45) is 2.29. The van der Waals surface area contributed by atoms with Crippen molar-refractivity contribution in [3.63, 3.8) is 0 Å². The Morgan fingerprint density at radius 2 is 2.00 bits per heavy atom. The number of likely N-dealkylation sites (tertiary alicyclic amines) is 1. The van der Waals surface area contributed by atoms with Gasteiger partial charge in [-0.1, -0.05) is 24.3 Å². The first-order valence-electron chi connectivity index (χ1n) is 7.21. The van der Waals surface area contributed by atoms with E-state index >= 15 is 0 Å². The van der Waals surface area contributed by atoms with Gasteiger partial charge in [0.2, 0.25) is 0 Å². The molecule has 5 heteroatoms. The molecule has 1 aliphatic heterocycles. The maximum Gasteiger partial charge on any atom is 0.312 e. The Morgan fingerprint density at radius 1 is 1.30 bits per heavy atom. The molecule has 2 unspecified atom stereocenters. The van der Waals surface area contributed by atoms with Crippen LogP contribution in [0.15, 0.2) is 24.3 Å². The van der Waals surface area contributed by atoms with Crippen LogP contribution in [0.25, 0.3) is 0 Å². The molecule has 5 nitrogen and oxygen atoms in total. The molecule has 0 radical (unpaired) electrons. The van der Waals surface area contributed by atoms with Gasteiger partial charge < -0.3 is 16.2 Å². The first kappa shape index (κ1) is 13.4. The molecule has 1 aliphatic carbocycles. The fraction of sp³-hybridized carbons (Fsp3) is 0.533. The number of aliphatic hydroxyl groups excluding tert-OH is 1. The van der Waals surface area contributed by atoms with Crippen molar-refractivity contribution in [2.75, 3.05) is 13.1 Å². The molecular weight excluding hydrogens is 254 g/mol. The van der Waals surface area contributed by atoms with Crippen LogP contribution >= 0.6 is 0 Å². The standard InChI is InChI=1S/C15H21N3O2/c16-15(20)17-11-5-7-18(8-6-11)13-9-10-3-1-2-4-12(10)14(13)19/h1-4,11,13-14,19H,5-9H2,(H3,16,17,20). The van der Waals surface area contributed by atoms with Crippen molar-refractivity contribution in [3.05, 3.63) is 35.4 Å². The summed E-state index contributed by atoms with van der Waals surface area (Å²) in [5, 5.41) is 13.2. The zero-order valence-electron chi connectivity index (χ0n) is 11.5. The lowest BCUT2D eigenvalue weighted by Gasteiger charge is -2.37. The molecule has 1 fully saturated rings. The molecule has 0 aromatic heterocycles. The number of rotatable bonds is 2. The van der Waals surface area contributed by atoms with E-state index in [0.717, 1.165) is 37.9 Å². The predicted molar refractivity (Wildman–Crippen MR) is 76.2 cm³/mol. The van der Waals surface area contributed by atoms with E-state index in [-0.39, 0.29) is 12.1 Å². The Labute approximate surface area is 118 Å². The summed E-state index contributed by atoms with van der Waals surface area (Å²) >= 11 is 0. The first-order chi connectivity index (χ1) is 9.65. The van der Waals surface area contributed by atoms with Crippen molar-refractivity contribution in [1.29, 1.82) is 0 Å². The number of amides is 2. The van der Waals surface area contributed by atoms with E-state index in [4.69, 9.17) is 5.73 Å². The second-order valence-corrected chi connectivity index (χ2v) is 5.73. The van der Waals surface area contributed by atoms with Crippen LogP contribution in [0.3, 0.4) is 0 Å². The lowest BCUT2D eigenvalue weighted by atomic mass is 10.0. The lowest BCUT2D eigenvalue weighted by Crippen LogP contribution is -2.50. The molecule has 1 heterocycles. The Bertz CT molecular complexity index is 498. The third-order valence-electron chi connectivity index (χ3n) is 4.51. The van der Waals surface area contributed by atoms with Crippen LogP contribution in [-0.2, 0) is 6.42 Å². The number of fused-ring (bicyclic) bond motifs is 1. The molecule has 20 heavy (non-hydrogen) atoms. The van der Waals surface area contributed by atoms with Crippen LogP contribution < -0.4 is 11.1 Å². The summed E-state index contributed by atoms with van der Waals surface area (Å²) in [6.45, 7) is 1.78. The quantitative estimate of drug-likeness (QED) is 0.746. The fourth-order valence-electron chi connectivity index (χ4n) is 3.46. The number of hydrogen-bond acceptors (Lipinski definition) is 3. The van der Waals surface area contributed by atoms with Crippen LogP contribution in [0.5, 0.6) is 0 Å². The van der Waals surface area contributed by atoms with Gasteiger partial charge in [-0.05, 0) is 30.4 Å². The number of primary amides is 1. The van der Waals surface area contributed by atoms with E-state index in [1.165, 1.54) is 5.56 Å². The van der Waals surface area contributed by atoms with Gasteiger partial charge in [0.15, 0.2) is 0 Å². The van der Waals surface area contributed by atoms with Gasteiger partial charge in [-0.3, -0.25) is 4.90 Å². The number of aliphatic hydroxyl groups is 1. The van der Waals surface area contributed by atoms with E-state index in [0.29, 0.717) is 0 Å². The highest BCUT2D eigenvalue weighted by Crippen LogP contribution is 2.35. The molecule has 1 aromatic rings. The van der Waals surface area contributed by atoms with Gasteiger partial charge in [0.25, 0.3) is 0 Å². The summed E-state index contributed by atoms with van der Waals surface area (Å²) in [7, 11) is 0. The normalized spacial score (nSPS) is 27.2. The Hall–Kier alpha value is -1.59. The predicted octanol–water partition coefficient (Wildman–Crippen LogP) is 0.777. The van der Waals surface area contributed by atoms with Crippen molar-refractivity contribution in [3.8, 4) is 0 Å². The van der Waals surface area contributed by atoms with Crippen molar-refractivity contribution < 1.29 is 9.90 Å². The Morgan fingerprint density at radius 3 is 2.65 bits per heavy atom. The fourth-order valence-corrected chi connectivity index (χ4v) is 3.46. The van der Waals surface area contributed by atoms with Crippen molar-refractivity contribution in [2.24, 2.45) is 5.73 Å². The maximum absolute atomic E-state index is 10.9. The third-order valence-corrected chi connectivity index (χ3v) is 4.51. The number of piperidine rings is 1. The molecule has 3 rings (SSSR count). The summed E-state index contributed by atoms with van der Waals surface area (Å²) < 4.78 is 0. The minimum absolute atomic E-state index is 0.168. The van der Waals surface area contributed by atoms with Crippen LogP contribution in [0, 0.1) is 0 Å². The molecule has 0 bridgehead atoms. The van der Waals surface area contributed by atoms with E-state index in [2.05, 4.69) is 16.3 Å². The monoisotopic (exact) mass is 275 g/mol. The number of benzene rings is 1. The molecule has 4 N–H and O–H groups in total. The van der Waals surface area contributed by atoms with Gasteiger partial charge in [0, 0.05) is 25.2 Å². The smallest absolute Gasteiger partial charge is 0.312 e. The first-order valence-corrected chi connectivity index (χ1v) is 7.21. The number of carbonyl (C=O) groups is 1. The molecule has 2 amide bonds. The SMILES string of the molecule is NC(=O)NC1CCN(C2Cc3ccccc3C2O)CC1. The Balaban J connectivity index is 1.61. The Kier molecular flexibility index (Phi) is 3.63. The van der Waals surface area contributed by atoms with Gasteiger partial charge in [-0.2, -0.15) is 0 Å². The number of carbonyl (C=O) groups excluding carboxylic acids is 1. The summed E-state index contributed by atoms with van der Waals surface area (Å²) in [5.74, 6) is 0. The molecule has 2 atom stereocenters. The van der Waals surface area contributed by atoms with Crippen LogP contribution in [-0.4, -0.2) is 41.2 Å². The lowest BCUT2D eigenvalue weighted by molar-refractivity contribution is 0.0443. The molecule has 108 valence electrons. The van der Waals surface area contributed by atoms with Crippen LogP contribution in [0.1, 0.15) is 30.1 Å². The second kappa shape index (κ2) is 5.42. The second-order valence-electron chi connectivity index (χ2n) is 5.73. The summed E-state index contributed by atoms with van der Waals surface area (Å²) in [4.78, 5) is 13.2. The van der Waals surface area contributed by atoms with Gasteiger partial charge in [-0.15, -0.1) is 0 Å². The number of nitrogens with zero attached hydrogens (tertiary/aromatic N) is 1. The molecule has 0 spiro atoms. The van der Waals surface area contributed by atoms with Crippen LogP contribution in [0.4, 0.5) is 4.79 Å². The van der Waals surface area contributed by atoms with E-state index in [9.17, 15) is 9.90 Å². The van der Waals surface area contributed by atoms with E-state index in [1.54, 1.807) is 0 Å². The highest BCUT2D eigenvalue weighted by Gasteiger charge is 2.36. The summed E-state index contributed by atoms with van der Waals surface area (Å²) in [5.41, 5.74) is 7.47. The van der Waals surface area contributed by atoms with E-state index in [1.807, 2.05) is 18.2 Å². The van der Waals surface area contributed by atoms with Gasteiger partial charge in [0.1, 0.15) is 0 Å². The molecule has 1 saturated heterocycles. The largest absolute Gasteiger partial charge is 0.387 e. The third kappa shape index (κ3) is 2.51. The average Bonchev–Trinajstić information content (AvgIpc) is 2.77. The topological polar surface area (TPSA) is 78.6 Å². The summed E-state index contributed by atoms with van der Waals surface area (Å²) in [6, 6.07) is 8.01. The zero-order valence-corrected chi connectivity index (χ0v) is 11.5. The number of urea groups is 1. The van der Waals surface area contributed by atoms with Gasteiger partial charge in [-0.25, -0.2) is 4.79 Å². The van der Waals surface area contributed by atoms with Crippen LogP contribution in [0.2, 0.25) is 0 Å². The molecular formula is C15H21N3O2. The highest BCUT2D eigenvalue weighted by molar-refractivity contribution is 5.71. The zero-order chi connectivity index (χ0) is 14.1. The number of nitrogens with one attached hydrogen (secondary N) is 1. The van der Waals surface area contributed by atoms with Crippen molar-refractivity contribution in [1.82, 2.24) is 10.2 Å². The van der Waals surface area contributed by atoms with Crippen molar-refractivity contribution in [2.45, 2.75) is 37.5 Å². The highest BCUT2D eigenvalue weighted by atomic mass is 16.3. The van der Waals surface area contributed by atoms with Gasteiger partial charge in [0.05, 0.1) is 6.10 Å². The van der Waals surface area contributed by atoms with Gasteiger partial charge >= 0.3 is 6.03 Å². The average molecular weight is 275 g/mol. The van der Waals surface area contributed by atoms with Crippen molar-refractivity contribution >= 4 is 6.03 Å². The molecule has 1 aromatic carbocycles. The number of hydrogen-bond donors (Lipinski definition) is 3. The minimum Gasteiger partial charge on any atom is -0.387 e. The molecule has 0 saturated carbocycles. The number of nitrogens with two attached hydrogens (primary N) is 1. The minimum atomic E-state index is -0.447. The van der Waals surface area contributed by atoms with E-state index < -0.39 is 12.1 Å². The molecule has 2 aliphatic rings.